The molecule has 0 aliphatic heterocycles. The molecule has 0 bridgehead atoms. The molecule has 1 unspecified atom stereocenters. The fourth-order valence-corrected chi connectivity index (χ4v) is 4.23. The van der Waals surface area contributed by atoms with Crippen LogP contribution in [-0.2, 0) is 11.2 Å². The third-order valence-corrected chi connectivity index (χ3v) is 5.96. The number of benzene rings is 1. The minimum absolute atomic E-state index is 0.133. The van der Waals surface area contributed by atoms with E-state index in [4.69, 9.17) is 0 Å². The Hall–Kier alpha value is -3.99. The average Bonchev–Trinajstić information content (AvgIpc) is 3.18. The smallest absolute Gasteiger partial charge is 0.271 e. The molecular weight excluding hydrogens is 481 g/mol. The number of nitrogens with zero attached hydrogens (tertiary/aromatic N) is 4. The number of aryl methyl sites for hydroxylation is 1. The van der Waals surface area contributed by atoms with Crippen molar-refractivity contribution >= 4 is 51.3 Å². The highest BCUT2D eigenvalue weighted by atomic mass is 32.1. The molecule has 0 saturated heterocycles. The second kappa shape index (κ2) is 12.1. The summed E-state index contributed by atoms with van der Waals surface area (Å²) in [5.41, 5.74) is 2.89. The zero-order chi connectivity index (χ0) is 26.2. The Morgan fingerprint density at radius 1 is 1.22 bits per heavy atom. The van der Waals surface area contributed by atoms with Crippen LogP contribution in [0.3, 0.4) is 0 Å². The molecule has 2 heterocycles. The Kier molecular flexibility index (Phi) is 8.96. The first-order valence-corrected chi connectivity index (χ1v) is 12.0. The molecule has 0 aliphatic carbocycles. The first-order valence-electron chi connectivity index (χ1n) is 11.2. The van der Waals surface area contributed by atoms with E-state index in [-0.39, 0.29) is 23.5 Å². The van der Waals surface area contributed by atoms with E-state index in [1.807, 2.05) is 31.2 Å². The Labute approximate surface area is 212 Å². The Morgan fingerprint density at radius 2 is 1.94 bits per heavy atom. The lowest BCUT2D eigenvalue weighted by Crippen LogP contribution is -2.28. The molecule has 0 fully saturated rings. The number of rotatable bonds is 10. The molecule has 3 rings (SSSR count). The summed E-state index contributed by atoms with van der Waals surface area (Å²) in [5.74, 6) is -0.889. The standard InChI is InChI=1S/C25H28FN7O2S/c1-14(26)12-19(13-27-5)15(2)29-25-32-21(22-23(33-25)31-17(4)36-22)24(35)28-11-10-18-6-8-20(9-7-18)30-16(3)34/h6-9,12-13,15H,1,10-11H2,2-5H3,(H,28,35)(H,30,34)(H,29,32,33)/b19-12+,27-13-. The van der Waals surface area contributed by atoms with Gasteiger partial charge in [0.25, 0.3) is 5.91 Å². The van der Waals surface area contributed by atoms with E-state index >= 15 is 0 Å². The number of carbonyl (C=O) groups excluding carboxylic acids is 2. The van der Waals surface area contributed by atoms with Crippen LogP contribution in [-0.4, -0.2) is 52.6 Å². The summed E-state index contributed by atoms with van der Waals surface area (Å²) in [6.07, 6.45) is 3.39. The zero-order valence-electron chi connectivity index (χ0n) is 20.6. The lowest BCUT2D eigenvalue weighted by Gasteiger charge is -2.15. The molecule has 0 aliphatic rings. The quantitative estimate of drug-likeness (QED) is 0.278. The number of aliphatic imine (C=N–C) groups is 1. The molecule has 11 heteroatoms. The number of aromatic nitrogens is 3. The summed E-state index contributed by atoms with van der Waals surface area (Å²) >= 11 is 1.34. The van der Waals surface area contributed by atoms with Crippen LogP contribution in [0.1, 0.15) is 34.9 Å². The van der Waals surface area contributed by atoms with Crippen molar-refractivity contribution in [3.63, 3.8) is 0 Å². The molecule has 0 spiro atoms. The third kappa shape index (κ3) is 7.25. The zero-order valence-corrected chi connectivity index (χ0v) is 21.4. The fraction of sp³-hybridized carbons (Fsp3) is 0.280. The highest BCUT2D eigenvalue weighted by Gasteiger charge is 2.19. The van der Waals surface area contributed by atoms with Crippen molar-refractivity contribution in [2.24, 2.45) is 4.99 Å². The van der Waals surface area contributed by atoms with Gasteiger partial charge < -0.3 is 16.0 Å². The average molecular weight is 510 g/mol. The van der Waals surface area contributed by atoms with Gasteiger partial charge in [-0.05, 0) is 49.6 Å². The third-order valence-electron chi connectivity index (χ3n) is 5.00. The van der Waals surface area contributed by atoms with E-state index in [1.54, 1.807) is 14.0 Å². The first kappa shape index (κ1) is 26.6. The van der Waals surface area contributed by atoms with Crippen molar-refractivity contribution in [1.82, 2.24) is 20.3 Å². The summed E-state index contributed by atoms with van der Waals surface area (Å²) in [6, 6.07) is 7.01. The second-order valence-electron chi connectivity index (χ2n) is 8.01. The molecule has 0 radical (unpaired) electrons. The van der Waals surface area contributed by atoms with E-state index in [0.29, 0.717) is 34.6 Å². The number of carbonyl (C=O) groups is 2. The molecule has 188 valence electrons. The largest absolute Gasteiger partial charge is 0.350 e. The summed E-state index contributed by atoms with van der Waals surface area (Å²) in [7, 11) is 1.59. The monoisotopic (exact) mass is 509 g/mol. The normalized spacial score (nSPS) is 12.5. The molecule has 2 aromatic heterocycles. The fourth-order valence-electron chi connectivity index (χ4n) is 3.39. The van der Waals surface area contributed by atoms with E-state index in [2.05, 4.69) is 42.5 Å². The maximum atomic E-state index is 13.4. The van der Waals surface area contributed by atoms with Crippen molar-refractivity contribution in [2.75, 3.05) is 24.2 Å². The van der Waals surface area contributed by atoms with Crippen molar-refractivity contribution in [3.8, 4) is 0 Å². The number of amides is 2. The van der Waals surface area contributed by atoms with Gasteiger partial charge >= 0.3 is 0 Å². The van der Waals surface area contributed by atoms with Gasteiger partial charge in [-0.2, -0.15) is 4.98 Å². The summed E-state index contributed by atoms with van der Waals surface area (Å²) in [4.78, 5) is 41.5. The number of halogens is 1. The lowest BCUT2D eigenvalue weighted by molar-refractivity contribution is -0.114. The number of anilines is 2. The van der Waals surface area contributed by atoms with Crippen molar-refractivity contribution in [3.05, 3.63) is 64.6 Å². The molecule has 3 aromatic rings. The van der Waals surface area contributed by atoms with Crippen LogP contribution in [0, 0.1) is 6.92 Å². The van der Waals surface area contributed by atoms with E-state index in [1.165, 1.54) is 30.6 Å². The molecule has 0 saturated carbocycles. The number of fused-ring (bicyclic) bond motifs is 1. The van der Waals surface area contributed by atoms with E-state index in [0.717, 1.165) is 10.6 Å². The molecule has 1 atom stereocenters. The number of hydrogen-bond donors (Lipinski definition) is 3. The van der Waals surface area contributed by atoms with Crippen LogP contribution >= 0.6 is 11.3 Å². The van der Waals surface area contributed by atoms with Gasteiger partial charge in [0.2, 0.25) is 11.9 Å². The van der Waals surface area contributed by atoms with Gasteiger partial charge in [0.15, 0.2) is 11.3 Å². The minimum atomic E-state index is -0.602. The first-order chi connectivity index (χ1) is 17.2. The Balaban J connectivity index is 1.75. The maximum absolute atomic E-state index is 13.4. The Bertz CT molecular complexity index is 1330. The van der Waals surface area contributed by atoms with Crippen LogP contribution < -0.4 is 16.0 Å². The highest BCUT2D eigenvalue weighted by Crippen LogP contribution is 2.25. The van der Waals surface area contributed by atoms with Gasteiger partial charge in [0.1, 0.15) is 10.5 Å². The molecule has 36 heavy (non-hydrogen) atoms. The lowest BCUT2D eigenvalue weighted by atomic mass is 10.1. The number of allylic oxidation sites excluding steroid dienone is 2. The van der Waals surface area contributed by atoms with Crippen molar-refractivity contribution < 1.29 is 14.0 Å². The van der Waals surface area contributed by atoms with Crippen LogP contribution in [0.25, 0.3) is 10.3 Å². The number of nitrogens with one attached hydrogen (secondary N) is 3. The molecule has 3 N–H and O–H groups in total. The summed E-state index contributed by atoms with van der Waals surface area (Å²) < 4.78 is 14.0. The van der Waals surface area contributed by atoms with Crippen molar-refractivity contribution in [2.45, 2.75) is 33.2 Å². The summed E-state index contributed by atoms with van der Waals surface area (Å²) in [6.45, 7) is 8.75. The van der Waals surface area contributed by atoms with Crippen LogP contribution in [0.5, 0.6) is 0 Å². The minimum Gasteiger partial charge on any atom is -0.350 e. The van der Waals surface area contributed by atoms with Gasteiger partial charge in [0.05, 0.1) is 11.0 Å². The second-order valence-corrected chi connectivity index (χ2v) is 9.21. The van der Waals surface area contributed by atoms with Crippen molar-refractivity contribution in [1.29, 1.82) is 0 Å². The van der Waals surface area contributed by atoms with Gasteiger partial charge in [-0.1, -0.05) is 18.7 Å². The van der Waals surface area contributed by atoms with Gasteiger partial charge in [-0.15, -0.1) is 11.3 Å². The molecular formula is C25H28FN7O2S. The molecule has 9 nitrogen and oxygen atoms in total. The van der Waals surface area contributed by atoms with E-state index in [9.17, 15) is 14.0 Å². The van der Waals surface area contributed by atoms with Gasteiger partial charge in [-0.25, -0.2) is 14.4 Å². The SMILES string of the molecule is C=C(F)/C=C(\C=N/C)C(C)Nc1nc(C(=O)NCCc2ccc(NC(C)=O)cc2)c2sc(C)nc2n1. The molecule has 2 amide bonds. The van der Waals surface area contributed by atoms with Gasteiger partial charge in [0, 0.05) is 32.4 Å². The molecule has 1 aromatic carbocycles. The summed E-state index contributed by atoms with van der Waals surface area (Å²) in [5, 5.41) is 9.47. The van der Waals surface area contributed by atoms with Gasteiger partial charge in [-0.3, -0.25) is 14.6 Å². The highest BCUT2D eigenvalue weighted by molar-refractivity contribution is 7.18. The Morgan fingerprint density at radius 3 is 2.58 bits per heavy atom. The van der Waals surface area contributed by atoms with Crippen LogP contribution in [0.15, 0.2) is 53.3 Å². The topological polar surface area (TPSA) is 121 Å². The van der Waals surface area contributed by atoms with Crippen LogP contribution in [0.4, 0.5) is 16.0 Å². The maximum Gasteiger partial charge on any atom is 0.271 e. The van der Waals surface area contributed by atoms with E-state index < -0.39 is 11.9 Å². The van der Waals surface area contributed by atoms with Crippen LogP contribution in [0.2, 0.25) is 0 Å². The predicted octanol–water partition coefficient (Wildman–Crippen LogP) is 4.24. The number of hydrogen-bond acceptors (Lipinski definition) is 8. The predicted molar refractivity (Wildman–Crippen MR) is 143 cm³/mol. The number of thiazole rings is 1.